The number of halogens is 1. The maximum atomic E-state index is 12.9. The zero-order valence-corrected chi connectivity index (χ0v) is 18.4. The topological polar surface area (TPSA) is 76.0 Å². The molecular formula is C21H27BrN4O2. The van der Waals surface area contributed by atoms with Gasteiger partial charge in [-0.05, 0) is 71.6 Å². The molecule has 0 aliphatic heterocycles. The third-order valence-electron chi connectivity index (χ3n) is 4.69. The summed E-state index contributed by atoms with van der Waals surface area (Å²) in [6.45, 7) is 7.43. The monoisotopic (exact) mass is 446 g/mol. The van der Waals surface area contributed by atoms with Crippen LogP contribution in [0.1, 0.15) is 62.3 Å². The van der Waals surface area contributed by atoms with E-state index in [4.69, 9.17) is 0 Å². The van der Waals surface area contributed by atoms with E-state index in [0.29, 0.717) is 5.69 Å². The van der Waals surface area contributed by atoms with E-state index in [1.165, 1.54) is 0 Å². The lowest BCUT2D eigenvalue weighted by Crippen LogP contribution is -2.51. The standard InChI is InChI=1S/C21H27BrN4O2/c1-13(19(27)24-21(2,3)4)23-20(28)18-16-10-5-6-11-17(16)26(25-18)15-9-7-8-14(22)12-15/h7-9,12-13H,5-6,10-11H2,1-4H3,(H,23,28)(H,24,27). The van der Waals surface area contributed by atoms with E-state index < -0.39 is 6.04 Å². The number of hydrogen-bond donors (Lipinski definition) is 2. The van der Waals surface area contributed by atoms with Gasteiger partial charge >= 0.3 is 0 Å². The van der Waals surface area contributed by atoms with Gasteiger partial charge in [0.2, 0.25) is 5.91 Å². The number of amides is 2. The summed E-state index contributed by atoms with van der Waals surface area (Å²) in [5.41, 5.74) is 3.07. The highest BCUT2D eigenvalue weighted by atomic mass is 79.9. The minimum atomic E-state index is -0.637. The minimum Gasteiger partial charge on any atom is -0.350 e. The fourth-order valence-electron chi connectivity index (χ4n) is 3.41. The molecule has 1 aliphatic carbocycles. The molecule has 1 unspecified atom stereocenters. The van der Waals surface area contributed by atoms with Crippen molar-refractivity contribution in [1.29, 1.82) is 0 Å². The summed E-state index contributed by atoms with van der Waals surface area (Å²) in [7, 11) is 0. The second-order valence-electron chi connectivity index (χ2n) is 8.31. The maximum absolute atomic E-state index is 12.9. The van der Waals surface area contributed by atoms with Crippen molar-refractivity contribution in [2.45, 2.75) is 65.0 Å². The second kappa shape index (κ2) is 8.07. The van der Waals surface area contributed by atoms with Gasteiger partial charge in [-0.1, -0.05) is 22.0 Å². The highest BCUT2D eigenvalue weighted by Gasteiger charge is 2.28. The number of nitrogens with zero attached hydrogens (tertiary/aromatic N) is 2. The third-order valence-corrected chi connectivity index (χ3v) is 5.18. The van der Waals surface area contributed by atoms with Crippen molar-refractivity contribution < 1.29 is 9.59 Å². The molecule has 2 N–H and O–H groups in total. The third kappa shape index (κ3) is 4.63. The van der Waals surface area contributed by atoms with Crippen molar-refractivity contribution in [2.24, 2.45) is 0 Å². The first-order valence-corrected chi connectivity index (χ1v) is 10.4. The van der Waals surface area contributed by atoms with Gasteiger partial charge in [0.1, 0.15) is 6.04 Å². The molecule has 2 amide bonds. The average molecular weight is 447 g/mol. The molecule has 7 heteroatoms. The van der Waals surface area contributed by atoms with Crippen LogP contribution in [0, 0.1) is 0 Å². The fraction of sp³-hybridized carbons (Fsp3) is 0.476. The lowest BCUT2D eigenvalue weighted by Gasteiger charge is -2.23. The van der Waals surface area contributed by atoms with E-state index in [1.807, 2.05) is 49.7 Å². The molecule has 1 aromatic carbocycles. The highest BCUT2D eigenvalue weighted by molar-refractivity contribution is 9.10. The smallest absolute Gasteiger partial charge is 0.272 e. The number of carbonyl (C=O) groups is 2. The summed E-state index contributed by atoms with van der Waals surface area (Å²) in [6.07, 6.45) is 3.84. The molecule has 1 heterocycles. The first-order valence-electron chi connectivity index (χ1n) is 9.65. The molecule has 0 fully saturated rings. The van der Waals surface area contributed by atoms with Gasteiger partial charge in [0.15, 0.2) is 5.69 Å². The zero-order valence-electron chi connectivity index (χ0n) is 16.8. The summed E-state index contributed by atoms with van der Waals surface area (Å²) in [4.78, 5) is 25.3. The summed E-state index contributed by atoms with van der Waals surface area (Å²) < 4.78 is 2.83. The molecule has 1 aliphatic rings. The average Bonchev–Trinajstić information content (AvgIpc) is 3.00. The zero-order chi connectivity index (χ0) is 20.5. The summed E-state index contributed by atoms with van der Waals surface area (Å²) >= 11 is 3.50. The van der Waals surface area contributed by atoms with Gasteiger partial charge in [0.25, 0.3) is 5.91 Å². The van der Waals surface area contributed by atoms with Crippen LogP contribution < -0.4 is 10.6 Å². The Balaban J connectivity index is 1.88. The SMILES string of the molecule is CC(NC(=O)c1nn(-c2cccc(Br)c2)c2c1CCCC2)C(=O)NC(C)(C)C. The first-order chi connectivity index (χ1) is 13.2. The summed E-state index contributed by atoms with van der Waals surface area (Å²) in [5.74, 6) is -0.510. The van der Waals surface area contributed by atoms with E-state index in [9.17, 15) is 9.59 Å². The van der Waals surface area contributed by atoms with E-state index >= 15 is 0 Å². The van der Waals surface area contributed by atoms with Crippen molar-refractivity contribution in [3.63, 3.8) is 0 Å². The van der Waals surface area contributed by atoms with E-state index in [0.717, 1.165) is 47.1 Å². The van der Waals surface area contributed by atoms with Gasteiger partial charge in [-0.25, -0.2) is 4.68 Å². The quantitative estimate of drug-likeness (QED) is 0.753. The van der Waals surface area contributed by atoms with Gasteiger partial charge in [0, 0.05) is 21.3 Å². The van der Waals surface area contributed by atoms with Crippen molar-refractivity contribution in [1.82, 2.24) is 20.4 Å². The lowest BCUT2D eigenvalue weighted by atomic mass is 9.95. The van der Waals surface area contributed by atoms with Crippen molar-refractivity contribution in [3.8, 4) is 5.69 Å². The summed E-state index contributed by atoms with van der Waals surface area (Å²) in [5, 5.41) is 10.3. The predicted octanol–water partition coefficient (Wildman–Crippen LogP) is 3.55. The van der Waals surface area contributed by atoms with E-state index in [-0.39, 0.29) is 17.4 Å². The van der Waals surface area contributed by atoms with Crippen LogP contribution in [0.5, 0.6) is 0 Å². The number of carbonyl (C=O) groups excluding carboxylic acids is 2. The predicted molar refractivity (Wildman–Crippen MR) is 113 cm³/mol. The van der Waals surface area contributed by atoms with Crippen molar-refractivity contribution in [3.05, 3.63) is 45.7 Å². The number of aromatic nitrogens is 2. The summed E-state index contributed by atoms with van der Waals surface area (Å²) in [6, 6.07) is 7.25. The molecule has 3 rings (SSSR count). The molecular weight excluding hydrogens is 420 g/mol. The lowest BCUT2D eigenvalue weighted by molar-refractivity contribution is -0.124. The Hall–Kier alpha value is -2.15. The molecule has 1 atom stereocenters. The van der Waals surface area contributed by atoms with Gasteiger partial charge < -0.3 is 10.6 Å². The molecule has 0 radical (unpaired) electrons. The molecule has 0 bridgehead atoms. The molecule has 0 saturated heterocycles. The van der Waals surface area contributed by atoms with E-state index in [1.54, 1.807) is 6.92 Å². The van der Waals surface area contributed by atoms with Crippen LogP contribution in [0.15, 0.2) is 28.7 Å². The van der Waals surface area contributed by atoms with Crippen molar-refractivity contribution in [2.75, 3.05) is 0 Å². The largest absolute Gasteiger partial charge is 0.350 e. The number of rotatable bonds is 4. The first kappa shape index (κ1) is 20.6. The van der Waals surface area contributed by atoms with Crippen LogP contribution in [0.2, 0.25) is 0 Å². The molecule has 0 saturated carbocycles. The minimum absolute atomic E-state index is 0.207. The van der Waals surface area contributed by atoms with Crippen LogP contribution in [-0.4, -0.2) is 33.2 Å². The Morgan fingerprint density at radius 2 is 1.93 bits per heavy atom. The van der Waals surface area contributed by atoms with Crippen LogP contribution in [-0.2, 0) is 17.6 Å². The van der Waals surface area contributed by atoms with Crippen LogP contribution in [0.3, 0.4) is 0 Å². The number of nitrogens with one attached hydrogen (secondary N) is 2. The fourth-order valence-corrected chi connectivity index (χ4v) is 3.80. The van der Waals surface area contributed by atoms with Crippen LogP contribution in [0.25, 0.3) is 5.69 Å². The number of hydrogen-bond acceptors (Lipinski definition) is 3. The Morgan fingerprint density at radius 3 is 2.61 bits per heavy atom. The molecule has 28 heavy (non-hydrogen) atoms. The van der Waals surface area contributed by atoms with Gasteiger partial charge in [-0.2, -0.15) is 5.10 Å². The number of fused-ring (bicyclic) bond motifs is 1. The maximum Gasteiger partial charge on any atom is 0.272 e. The highest BCUT2D eigenvalue weighted by Crippen LogP contribution is 2.28. The van der Waals surface area contributed by atoms with E-state index in [2.05, 4.69) is 31.7 Å². The van der Waals surface area contributed by atoms with Crippen LogP contribution >= 0.6 is 15.9 Å². The molecule has 2 aromatic rings. The molecule has 0 spiro atoms. The van der Waals surface area contributed by atoms with Gasteiger partial charge in [-0.3, -0.25) is 9.59 Å². The number of benzene rings is 1. The van der Waals surface area contributed by atoms with Gasteiger partial charge in [0.05, 0.1) is 5.69 Å². The van der Waals surface area contributed by atoms with Crippen molar-refractivity contribution >= 4 is 27.7 Å². The second-order valence-corrected chi connectivity index (χ2v) is 9.22. The molecule has 150 valence electrons. The Bertz CT molecular complexity index is 898. The Morgan fingerprint density at radius 1 is 1.21 bits per heavy atom. The van der Waals surface area contributed by atoms with Crippen LogP contribution in [0.4, 0.5) is 0 Å². The normalized spacial score (nSPS) is 14.9. The molecule has 6 nitrogen and oxygen atoms in total. The Labute approximate surface area is 174 Å². The Kier molecular flexibility index (Phi) is 5.93. The molecule has 1 aromatic heterocycles. The van der Waals surface area contributed by atoms with Gasteiger partial charge in [-0.15, -0.1) is 0 Å².